The van der Waals surface area contributed by atoms with Crippen LogP contribution >= 0.6 is 0 Å². The van der Waals surface area contributed by atoms with Gasteiger partial charge in [-0.05, 0) is 23.3 Å². The normalized spacial score (nSPS) is 14.4. The second kappa shape index (κ2) is 8.40. The zero-order valence-electron chi connectivity index (χ0n) is 14.3. The Hall–Kier alpha value is -2.99. The number of hydroxylamine groups is 1. The smallest absolute Gasteiger partial charge is 0.238 e. The summed E-state index contributed by atoms with van der Waals surface area (Å²) >= 11 is 0. The number of ketones is 1. The van der Waals surface area contributed by atoms with E-state index in [4.69, 9.17) is 4.84 Å². The molecular weight excluding hydrogens is 332 g/mol. The van der Waals surface area contributed by atoms with Crippen molar-refractivity contribution in [2.75, 3.05) is 11.6 Å². The summed E-state index contributed by atoms with van der Waals surface area (Å²) in [7, 11) is 0. The third-order valence-corrected chi connectivity index (χ3v) is 4.23. The zero-order valence-corrected chi connectivity index (χ0v) is 14.3. The van der Waals surface area contributed by atoms with Crippen LogP contribution in [0.25, 0.3) is 0 Å². The highest BCUT2D eigenvalue weighted by atomic mass is 16.7. The number of likely N-dealkylation sites (tertiary alicyclic amines) is 1. The van der Waals surface area contributed by atoms with Crippen molar-refractivity contribution in [1.82, 2.24) is 4.90 Å². The lowest BCUT2D eigenvalue weighted by atomic mass is 10.1. The van der Waals surface area contributed by atoms with Crippen molar-refractivity contribution < 1.29 is 19.2 Å². The molecule has 134 valence electrons. The summed E-state index contributed by atoms with van der Waals surface area (Å²) in [5.74, 6) is -0.134. The maximum Gasteiger partial charge on any atom is 0.238 e. The summed E-state index contributed by atoms with van der Waals surface area (Å²) < 4.78 is 0. The lowest BCUT2D eigenvalue weighted by Gasteiger charge is -2.26. The molecule has 0 N–H and O–H groups in total. The van der Waals surface area contributed by atoms with Gasteiger partial charge in [0.05, 0.1) is 12.1 Å². The Morgan fingerprint density at radius 1 is 1.00 bits per heavy atom. The molecule has 1 saturated heterocycles. The monoisotopic (exact) mass is 352 g/mol. The van der Waals surface area contributed by atoms with E-state index in [0.29, 0.717) is 31.6 Å². The predicted octanol–water partition coefficient (Wildman–Crippen LogP) is 2.47. The van der Waals surface area contributed by atoms with Gasteiger partial charge in [-0.3, -0.25) is 19.2 Å². The standard InChI is InChI=1S/C20H20N2O4/c23-15-22(26-14-17-4-2-1-3-5-17)18-8-6-16(7-9-18)13-21-11-10-19(24)12-20(21)25/h1-9,15H,10-14H2. The predicted molar refractivity (Wildman–Crippen MR) is 95.9 cm³/mol. The van der Waals surface area contributed by atoms with E-state index in [9.17, 15) is 14.4 Å². The van der Waals surface area contributed by atoms with Crippen LogP contribution < -0.4 is 5.06 Å². The van der Waals surface area contributed by atoms with Gasteiger partial charge in [-0.15, -0.1) is 0 Å². The maximum atomic E-state index is 11.9. The van der Waals surface area contributed by atoms with E-state index < -0.39 is 0 Å². The number of carbonyl (C=O) groups is 3. The van der Waals surface area contributed by atoms with Gasteiger partial charge in [-0.2, -0.15) is 5.06 Å². The molecule has 0 unspecified atom stereocenters. The molecule has 0 bridgehead atoms. The van der Waals surface area contributed by atoms with Crippen molar-refractivity contribution in [3.8, 4) is 0 Å². The molecule has 6 heteroatoms. The number of anilines is 1. The summed E-state index contributed by atoms with van der Waals surface area (Å²) in [6, 6.07) is 16.8. The molecule has 26 heavy (non-hydrogen) atoms. The van der Waals surface area contributed by atoms with Crippen molar-refractivity contribution in [3.63, 3.8) is 0 Å². The first-order valence-corrected chi connectivity index (χ1v) is 8.45. The van der Waals surface area contributed by atoms with Crippen LogP contribution in [0, 0.1) is 0 Å². The van der Waals surface area contributed by atoms with Gasteiger partial charge in [0.2, 0.25) is 12.3 Å². The van der Waals surface area contributed by atoms with Crippen molar-refractivity contribution in [2.24, 2.45) is 0 Å². The molecule has 6 nitrogen and oxygen atoms in total. The molecule has 3 rings (SSSR count). The molecule has 0 aliphatic carbocycles. The van der Waals surface area contributed by atoms with Gasteiger partial charge in [0.25, 0.3) is 0 Å². The topological polar surface area (TPSA) is 66.9 Å². The summed E-state index contributed by atoms with van der Waals surface area (Å²) in [5.41, 5.74) is 2.51. The summed E-state index contributed by atoms with van der Waals surface area (Å²) in [5, 5.41) is 1.18. The van der Waals surface area contributed by atoms with E-state index in [0.717, 1.165) is 11.1 Å². The van der Waals surface area contributed by atoms with Gasteiger partial charge in [0.15, 0.2) is 0 Å². The first kappa shape index (κ1) is 17.8. The molecule has 0 spiro atoms. The fourth-order valence-corrected chi connectivity index (χ4v) is 2.77. The Balaban J connectivity index is 1.59. The fourth-order valence-electron chi connectivity index (χ4n) is 2.77. The van der Waals surface area contributed by atoms with Gasteiger partial charge in [-0.25, -0.2) is 0 Å². The number of hydrogen-bond donors (Lipinski definition) is 0. The second-order valence-electron chi connectivity index (χ2n) is 6.14. The van der Waals surface area contributed by atoms with Gasteiger partial charge >= 0.3 is 0 Å². The molecule has 2 amide bonds. The van der Waals surface area contributed by atoms with Crippen LogP contribution in [-0.4, -0.2) is 29.5 Å². The highest BCUT2D eigenvalue weighted by molar-refractivity contribution is 6.00. The van der Waals surface area contributed by atoms with Gasteiger partial charge in [0, 0.05) is 19.5 Å². The first-order valence-electron chi connectivity index (χ1n) is 8.45. The average molecular weight is 352 g/mol. The second-order valence-corrected chi connectivity index (χ2v) is 6.14. The van der Waals surface area contributed by atoms with Crippen molar-refractivity contribution in [3.05, 3.63) is 65.7 Å². The van der Waals surface area contributed by atoms with E-state index in [1.165, 1.54) is 5.06 Å². The minimum absolute atomic E-state index is 0.00112. The highest BCUT2D eigenvalue weighted by Gasteiger charge is 2.23. The van der Waals surface area contributed by atoms with Gasteiger partial charge in [-0.1, -0.05) is 42.5 Å². The molecule has 1 heterocycles. The zero-order chi connectivity index (χ0) is 18.4. The molecule has 1 aliphatic rings. The summed E-state index contributed by atoms with van der Waals surface area (Å²) in [4.78, 5) is 41.7. The number of amides is 2. The summed E-state index contributed by atoms with van der Waals surface area (Å²) in [6.45, 7) is 1.20. The van der Waals surface area contributed by atoms with Crippen molar-refractivity contribution in [1.29, 1.82) is 0 Å². The fraction of sp³-hybridized carbons (Fsp3) is 0.250. The number of hydrogen-bond acceptors (Lipinski definition) is 4. The number of rotatable bonds is 7. The van der Waals surface area contributed by atoms with Crippen molar-refractivity contribution >= 4 is 23.8 Å². The Morgan fingerprint density at radius 2 is 1.73 bits per heavy atom. The third-order valence-electron chi connectivity index (χ3n) is 4.23. The van der Waals surface area contributed by atoms with Crippen LogP contribution in [0.1, 0.15) is 24.0 Å². The Labute approximate surface area is 151 Å². The lowest BCUT2D eigenvalue weighted by molar-refractivity contribution is -0.139. The van der Waals surface area contributed by atoms with E-state index in [-0.39, 0.29) is 24.7 Å². The largest absolute Gasteiger partial charge is 0.338 e. The quantitative estimate of drug-likeness (QED) is 0.436. The van der Waals surface area contributed by atoms with Gasteiger partial charge in [0.1, 0.15) is 12.4 Å². The van der Waals surface area contributed by atoms with Gasteiger partial charge < -0.3 is 4.90 Å². The molecule has 0 aromatic heterocycles. The summed E-state index contributed by atoms with van der Waals surface area (Å²) in [6.07, 6.45) is 1.03. The third kappa shape index (κ3) is 4.55. The number of benzene rings is 2. The Bertz CT molecular complexity index is 774. The molecule has 0 radical (unpaired) electrons. The van der Waals surface area contributed by atoms with E-state index in [1.807, 2.05) is 42.5 Å². The maximum absolute atomic E-state index is 11.9. The molecular formula is C20H20N2O4. The van der Waals surface area contributed by atoms with Crippen molar-refractivity contribution in [2.45, 2.75) is 26.0 Å². The molecule has 1 aliphatic heterocycles. The Kier molecular flexibility index (Phi) is 5.76. The van der Waals surface area contributed by atoms with E-state index in [2.05, 4.69) is 0 Å². The lowest BCUT2D eigenvalue weighted by Crippen LogP contribution is -2.38. The van der Waals surface area contributed by atoms with Crippen LogP contribution in [0.2, 0.25) is 0 Å². The molecule has 2 aromatic rings. The Morgan fingerprint density at radius 3 is 2.38 bits per heavy atom. The molecule has 0 atom stereocenters. The van der Waals surface area contributed by atoms with Crippen LogP contribution in [0.3, 0.4) is 0 Å². The number of Topliss-reactive ketones (excluding diaryl/α,β-unsaturated/α-hetero) is 1. The molecule has 1 fully saturated rings. The average Bonchev–Trinajstić information content (AvgIpc) is 2.66. The number of carbonyl (C=O) groups excluding carboxylic acids is 3. The highest BCUT2D eigenvalue weighted by Crippen LogP contribution is 2.18. The minimum Gasteiger partial charge on any atom is -0.338 e. The van der Waals surface area contributed by atoms with E-state index in [1.54, 1.807) is 17.0 Å². The number of nitrogens with zero attached hydrogens (tertiary/aromatic N) is 2. The number of piperidine rings is 1. The van der Waals surface area contributed by atoms with E-state index >= 15 is 0 Å². The van der Waals surface area contributed by atoms with Crippen LogP contribution in [0.5, 0.6) is 0 Å². The van der Waals surface area contributed by atoms with Crippen LogP contribution in [-0.2, 0) is 32.4 Å². The first-order chi connectivity index (χ1) is 12.7. The minimum atomic E-state index is -0.133. The van der Waals surface area contributed by atoms with Crippen LogP contribution in [0.4, 0.5) is 5.69 Å². The van der Waals surface area contributed by atoms with Crippen LogP contribution in [0.15, 0.2) is 54.6 Å². The molecule has 0 saturated carbocycles. The molecule has 2 aromatic carbocycles. The SMILES string of the molecule is O=CN(OCc1ccccc1)c1ccc(CN2CCC(=O)CC2=O)cc1.